The third kappa shape index (κ3) is 5.01. The Hall–Kier alpha value is -0.130. The lowest BCUT2D eigenvalue weighted by molar-refractivity contribution is 0.141. The maximum atomic E-state index is 11.3. The highest BCUT2D eigenvalue weighted by atomic mass is 32.2. The molecule has 2 aliphatic rings. The SMILES string of the molecule is CC(C)(CNC1CCC2CCCCC2C1)NS(C)(=O)=O. The minimum Gasteiger partial charge on any atom is -0.312 e. The van der Waals surface area contributed by atoms with Crippen molar-refractivity contribution in [3.63, 3.8) is 0 Å². The van der Waals surface area contributed by atoms with Crippen LogP contribution in [0.2, 0.25) is 0 Å². The van der Waals surface area contributed by atoms with E-state index in [-0.39, 0.29) is 0 Å². The molecule has 5 heteroatoms. The molecule has 3 unspecified atom stereocenters. The van der Waals surface area contributed by atoms with Crippen molar-refractivity contribution in [1.29, 1.82) is 0 Å². The summed E-state index contributed by atoms with van der Waals surface area (Å²) in [7, 11) is -3.14. The molecule has 0 amide bonds. The molecule has 3 atom stereocenters. The fourth-order valence-corrected chi connectivity index (χ4v) is 5.07. The summed E-state index contributed by atoms with van der Waals surface area (Å²) in [6.07, 6.45) is 10.7. The van der Waals surface area contributed by atoms with Crippen molar-refractivity contribution in [3.05, 3.63) is 0 Å². The first-order valence-corrected chi connectivity index (χ1v) is 9.87. The molecule has 2 N–H and O–H groups in total. The molecule has 0 spiro atoms. The normalized spacial score (nSPS) is 31.9. The van der Waals surface area contributed by atoms with Gasteiger partial charge < -0.3 is 5.32 Å². The van der Waals surface area contributed by atoms with Gasteiger partial charge in [-0.2, -0.15) is 0 Å². The van der Waals surface area contributed by atoms with Crippen molar-refractivity contribution in [2.75, 3.05) is 12.8 Å². The maximum Gasteiger partial charge on any atom is 0.209 e. The molecule has 0 bridgehead atoms. The largest absolute Gasteiger partial charge is 0.312 e. The molecule has 0 radical (unpaired) electrons. The van der Waals surface area contributed by atoms with Crippen LogP contribution in [0.4, 0.5) is 0 Å². The van der Waals surface area contributed by atoms with Crippen LogP contribution >= 0.6 is 0 Å². The lowest BCUT2D eigenvalue weighted by Gasteiger charge is -2.40. The van der Waals surface area contributed by atoms with Crippen molar-refractivity contribution >= 4 is 10.0 Å². The quantitative estimate of drug-likeness (QED) is 0.819. The Bertz CT molecular complexity index is 420. The van der Waals surface area contributed by atoms with E-state index in [1.54, 1.807) is 0 Å². The van der Waals surface area contributed by atoms with Gasteiger partial charge in [-0.1, -0.05) is 25.7 Å². The minimum atomic E-state index is -3.14. The highest BCUT2D eigenvalue weighted by molar-refractivity contribution is 7.88. The summed E-state index contributed by atoms with van der Waals surface area (Å²) in [5.41, 5.74) is -0.420. The number of hydrogen-bond acceptors (Lipinski definition) is 3. The molecule has 0 aromatic rings. The van der Waals surface area contributed by atoms with E-state index in [0.29, 0.717) is 12.6 Å². The molecule has 0 heterocycles. The predicted octanol–water partition coefficient (Wildman–Crippen LogP) is 2.26. The first-order valence-electron chi connectivity index (χ1n) is 7.97. The van der Waals surface area contributed by atoms with Gasteiger partial charge in [0.15, 0.2) is 0 Å². The van der Waals surface area contributed by atoms with E-state index in [1.165, 1.54) is 51.2 Å². The Morgan fingerprint density at radius 1 is 1.05 bits per heavy atom. The number of nitrogens with one attached hydrogen (secondary N) is 2. The second kappa shape index (κ2) is 6.32. The zero-order valence-electron chi connectivity index (χ0n) is 13.1. The number of rotatable bonds is 5. The molecule has 20 heavy (non-hydrogen) atoms. The van der Waals surface area contributed by atoms with Crippen LogP contribution in [0.5, 0.6) is 0 Å². The smallest absolute Gasteiger partial charge is 0.209 e. The van der Waals surface area contributed by atoms with Crippen LogP contribution < -0.4 is 10.0 Å². The fourth-order valence-electron chi connectivity index (χ4n) is 4.00. The second-order valence-electron chi connectivity index (χ2n) is 7.45. The predicted molar refractivity (Wildman–Crippen MR) is 83.1 cm³/mol. The third-order valence-electron chi connectivity index (χ3n) is 4.83. The molecule has 118 valence electrons. The molecule has 2 saturated carbocycles. The highest BCUT2D eigenvalue weighted by Gasteiger charge is 2.32. The average molecular weight is 302 g/mol. The number of sulfonamides is 1. The minimum absolute atomic E-state index is 0.420. The molecule has 0 saturated heterocycles. The summed E-state index contributed by atoms with van der Waals surface area (Å²) in [4.78, 5) is 0. The summed E-state index contributed by atoms with van der Waals surface area (Å²) in [5, 5.41) is 3.59. The molecular formula is C15H30N2O2S. The lowest BCUT2D eigenvalue weighted by Crippen LogP contribution is -2.52. The standard InChI is InChI=1S/C15H30N2O2S/c1-15(2,17-20(3,18)19)11-16-14-9-8-12-6-4-5-7-13(12)10-14/h12-14,16-17H,4-11H2,1-3H3. The first-order chi connectivity index (χ1) is 9.25. The van der Waals surface area contributed by atoms with Crippen molar-refractivity contribution in [3.8, 4) is 0 Å². The van der Waals surface area contributed by atoms with Crippen LogP contribution in [0.15, 0.2) is 0 Å². The van der Waals surface area contributed by atoms with Crippen LogP contribution in [-0.2, 0) is 10.0 Å². The van der Waals surface area contributed by atoms with Gasteiger partial charge in [-0.3, -0.25) is 0 Å². The van der Waals surface area contributed by atoms with Gasteiger partial charge in [-0.25, -0.2) is 13.1 Å². The molecule has 2 aliphatic carbocycles. The number of fused-ring (bicyclic) bond motifs is 1. The van der Waals surface area contributed by atoms with Gasteiger partial charge in [0.2, 0.25) is 10.0 Å². The van der Waals surface area contributed by atoms with Crippen molar-refractivity contribution in [2.45, 2.75) is 70.4 Å². The molecule has 2 fully saturated rings. The van der Waals surface area contributed by atoms with E-state index in [2.05, 4.69) is 10.0 Å². The topological polar surface area (TPSA) is 58.2 Å². The Morgan fingerprint density at radius 3 is 2.35 bits per heavy atom. The van der Waals surface area contributed by atoms with Crippen LogP contribution in [0.1, 0.15) is 58.8 Å². The summed E-state index contributed by atoms with van der Waals surface area (Å²) in [6, 6.07) is 0.565. The molecule has 4 nitrogen and oxygen atoms in total. The molecule has 0 aliphatic heterocycles. The van der Waals surface area contributed by atoms with Gasteiger partial charge in [0.1, 0.15) is 0 Å². The Balaban J connectivity index is 1.79. The summed E-state index contributed by atoms with van der Waals surface area (Å²) in [6.45, 7) is 4.57. The molecular weight excluding hydrogens is 272 g/mol. The molecule has 2 rings (SSSR count). The first kappa shape index (κ1) is 16.2. The average Bonchev–Trinajstić information content (AvgIpc) is 2.33. The van der Waals surface area contributed by atoms with Gasteiger partial charge >= 0.3 is 0 Å². The van der Waals surface area contributed by atoms with E-state index in [0.717, 1.165) is 11.8 Å². The Labute approximate surface area is 124 Å². The van der Waals surface area contributed by atoms with E-state index >= 15 is 0 Å². The van der Waals surface area contributed by atoms with Crippen LogP contribution in [0.3, 0.4) is 0 Å². The van der Waals surface area contributed by atoms with Gasteiger partial charge in [0.25, 0.3) is 0 Å². The summed E-state index contributed by atoms with van der Waals surface area (Å²) in [5.74, 6) is 1.87. The fraction of sp³-hybridized carbons (Fsp3) is 1.00. The van der Waals surface area contributed by atoms with Gasteiger partial charge in [-0.05, 0) is 44.9 Å². The monoisotopic (exact) mass is 302 g/mol. The third-order valence-corrected chi connectivity index (χ3v) is 5.76. The van der Waals surface area contributed by atoms with Gasteiger partial charge in [0, 0.05) is 18.1 Å². The second-order valence-corrected chi connectivity index (χ2v) is 9.20. The zero-order chi connectivity index (χ0) is 14.8. The van der Waals surface area contributed by atoms with Crippen molar-refractivity contribution in [2.24, 2.45) is 11.8 Å². The van der Waals surface area contributed by atoms with Crippen LogP contribution in [0.25, 0.3) is 0 Å². The molecule has 0 aromatic heterocycles. The number of hydrogen-bond donors (Lipinski definition) is 2. The Kier molecular flexibility index (Phi) is 5.14. The van der Waals surface area contributed by atoms with Crippen molar-refractivity contribution in [1.82, 2.24) is 10.0 Å². The Morgan fingerprint density at radius 2 is 1.70 bits per heavy atom. The zero-order valence-corrected chi connectivity index (χ0v) is 13.9. The summed E-state index contributed by atoms with van der Waals surface area (Å²) < 4.78 is 25.4. The lowest BCUT2D eigenvalue weighted by atomic mass is 9.69. The van der Waals surface area contributed by atoms with E-state index in [4.69, 9.17) is 0 Å². The highest BCUT2D eigenvalue weighted by Crippen LogP contribution is 2.40. The van der Waals surface area contributed by atoms with Crippen LogP contribution in [0, 0.1) is 11.8 Å². The van der Waals surface area contributed by atoms with Crippen molar-refractivity contribution < 1.29 is 8.42 Å². The van der Waals surface area contributed by atoms with Gasteiger partial charge in [-0.15, -0.1) is 0 Å². The summed E-state index contributed by atoms with van der Waals surface area (Å²) >= 11 is 0. The maximum absolute atomic E-state index is 11.3. The van der Waals surface area contributed by atoms with E-state index in [9.17, 15) is 8.42 Å². The molecule has 0 aromatic carbocycles. The van der Waals surface area contributed by atoms with E-state index < -0.39 is 15.6 Å². The van der Waals surface area contributed by atoms with Gasteiger partial charge in [0.05, 0.1) is 6.26 Å². The van der Waals surface area contributed by atoms with E-state index in [1.807, 2.05) is 13.8 Å². The van der Waals surface area contributed by atoms with Crippen LogP contribution in [-0.4, -0.2) is 32.8 Å².